The van der Waals surface area contributed by atoms with Gasteiger partial charge in [0.05, 0.1) is 12.1 Å². The molecule has 1 aromatic rings. The second-order valence-electron chi connectivity index (χ2n) is 5.34. The van der Waals surface area contributed by atoms with Crippen molar-refractivity contribution in [1.82, 2.24) is 0 Å². The van der Waals surface area contributed by atoms with Crippen molar-refractivity contribution in [2.45, 2.75) is 57.6 Å². The Bertz CT molecular complexity index is 362. The summed E-state index contributed by atoms with van der Waals surface area (Å²) in [6.07, 6.45) is 4.20. The lowest BCUT2D eigenvalue weighted by atomic mass is 9.91. The maximum absolute atomic E-state index is 10.00. The van der Waals surface area contributed by atoms with Crippen LogP contribution in [0.5, 0.6) is 0 Å². The number of hydrogen-bond donors (Lipinski definition) is 2. The highest BCUT2D eigenvalue weighted by Gasteiger charge is 2.23. The molecule has 0 bridgehead atoms. The van der Waals surface area contributed by atoms with Crippen molar-refractivity contribution in [3.63, 3.8) is 0 Å². The van der Waals surface area contributed by atoms with Crippen molar-refractivity contribution in [3.05, 3.63) is 29.8 Å². The Morgan fingerprint density at radius 2 is 1.88 bits per heavy atom. The smallest absolute Gasteiger partial charge is 0.0741 e. The summed E-state index contributed by atoms with van der Waals surface area (Å²) in [5.41, 5.74) is 2.53. The van der Waals surface area contributed by atoms with Crippen LogP contribution in [0.4, 0.5) is 5.69 Å². The Kier molecular flexibility index (Phi) is 4.06. The quantitative estimate of drug-likeness (QED) is 0.837. The summed E-state index contributed by atoms with van der Waals surface area (Å²) in [7, 11) is 0. The van der Waals surface area contributed by atoms with Crippen molar-refractivity contribution in [1.29, 1.82) is 0 Å². The standard InChI is InChI=1S/C15H23NO/c1-11(2)12-7-3-4-8-13(12)16-14-9-5-6-10-15(14)17/h3-4,7-8,11,14-17H,5-6,9-10H2,1-2H3. The molecule has 0 spiro atoms. The van der Waals surface area contributed by atoms with Crippen LogP contribution in [0.15, 0.2) is 24.3 Å². The third-order valence-corrected chi connectivity index (χ3v) is 3.65. The second-order valence-corrected chi connectivity index (χ2v) is 5.34. The van der Waals surface area contributed by atoms with Gasteiger partial charge in [0.15, 0.2) is 0 Å². The van der Waals surface area contributed by atoms with E-state index in [-0.39, 0.29) is 12.1 Å². The van der Waals surface area contributed by atoms with Crippen LogP contribution in [0.1, 0.15) is 51.0 Å². The van der Waals surface area contributed by atoms with Gasteiger partial charge in [-0.15, -0.1) is 0 Å². The van der Waals surface area contributed by atoms with Gasteiger partial charge in [-0.05, 0) is 30.4 Å². The van der Waals surface area contributed by atoms with Gasteiger partial charge in [0.25, 0.3) is 0 Å². The SMILES string of the molecule is CC(C)c1ccccc1NC1CCCCC1O. The fourth-order valence-electron chi connectivity index (χ4n) is 2.61. The van der Waals surface area contributed by atoms with Gasteiger partial charge in [0.2, 0.25) is 0 Å². The molecule has 1 fully saturated rings. The summed E-state index contributed by atoms with van der Waals surface area (Å²) in [5, 5.41) is 13.5. The average Bonchev–Trinajstić information content (AvgIpc) is 2.32. The molecule has 2 heteroatoms. The second kappa shape index (κ2) is 5.54. The third kappa shape index (κ3) is 3.01. The molecule has 0 saturated heterocycles. The highest BCUT2D eigenvalue weighted by molar-refractivity contribution is 5.53. The molecule has 94 valence electrons. The first-order valence-corrected chi connectivity index (χ1v) is 6.72. The van der Waals surface area contributed by atoms with Gasteiger partial charge in [-0.2, -0.15) is 0 Å². The molecule has 2 unspecified atom stereocenters. The summed E-state index contributed by atoms with van der Waals surface area (Å²) in [6.45, 7) is 4.41. The van der Waals surface area contributed by atoms with E-state index in [0.29, 0.717) is 5.92 Å². The molecular weight excluding hydrogens is 210 g/mol. The van der Waals surface area contributed by atoms with E-state index in [1.165, 1.54) is 17.7 Å². The fourth-order valence-corrected chi connectivity index (χ4v) is 2.61. The molecule has 2 N–H and O–H groups in total. The zero-order valence-electron chi connectivity index (χ0n) is 10.8. The van der Waals surface area contributed by atoms with Gasteiger partial charge in [-0.3, -0.25) is 0 Å². The average molecular weight is 233 g/mol. The van der Waals surface area contributed by atoms with Crippen molar-refractivity contribution in [2.24, 2.45) is 0 Å². The van der Waals surface area contributed by atoms with Gasteiger partial charge < -0.3 is 10.4 Å². The Morgan fingerprint density at radius 3 is 2.59 bits per heavy atom. The normalized spacial score (nSPS) is 24.9. The van der Waals surface area contributed by atoms with Crippen LogP contribution < -0.4 is 5.32 Å². The molecule has 0 amide bonds. The summed E-state index contributed by atoms with van der Waals surface area (Å²) >= 11 is 0. The summed E-state index contributed by atoms with van der Waals surface area (Å²) in [5.74, 6) is 0.513. The van der Waals surface area contributed by atoms with Crippen LogP contribution >= 0.6 is 0 Å². The van der Waals surface area contributed by atoms with Crippen LogP contribution in [0.3, 0.4) is 0 Å². The lowest BCUT2D eigenvalue weighted by Crippen LogP contribution is -2.36. The summed E-state index contributed by atoms with van der Waals surface area (Å²) in [4.78, 5) is 0. The Hall–Kier alpha value is -1.02. The molecule has 0 aromatic heterocycles. The third-order valence-electron chi connectivity index (χ3n) is 3.65. The molecule has 1 aliphatic carbocycles. The van der Waals surface area contributed by atoms with E-state index < -0.39 is 0 Å². The maximum Gasteiger partial charge on any atom is 0.0741 e. The molecule has 1 saturated carbocycles. The highest BCUT2D eigenvalue weighted by atomic mass is 16.3. The molecule has 2 nitrogen and oxygen atoms in total. The number of aliphatic hydroxyl groups excluding tert-OH is 1. The van der Waals surface area contributed by atoms with Crippen LogP contribution in [0, 0.1) is 0 Å². The van der Waals surface area contributed by atoms with Crippen LogP contribution in [0.25, 0.3) is 0 Å². The van der Waals surface area contributed by atoms with Crippen molar-refractivity contribution >= 4 is 5.69 Å². The fraction of sp³-hybridized carbons (Fsp3) is 0.600. The molecule has 1 aliphatic rings. The minimum Gasteiger partial charge on any atom is -0.391 e. The van der Waals surface area contributed by atoms with E-state index >= 15 is 0 Å². The van der Waals surface area contributed by atoms with Crippen molar-refractivity contribution < 1.29 is 5.11 Å². The molecule has 2 atom stereocenters. The first kappa shape index (κ1) is 12.4. The number of rotatable bonds is 3. The molecule has 0 radical (unpaired) electrons. The Labute approximate surface area is 104 Å². The number of anilines is 1. The first-order chi connectivity index (χ1) is 8.18. The number of benzene rings is 1. The molecule has 17 heavy (non-hydrogen) atoms. The predicted octanol–water partition coefficient (Wildman–Crippen LogP) is 3.53. The zero-order valence-corrected chi connectivity index (χ0v) is 10.8. The highest BCUT2D eigenvalue weighted by Crippen LogP contribution is 2.27. The van der Waals surface area contributed by atoms with Crippen LogP contribution in [-0.4, -0.2) is 17.3 Å². The number of hydrogen-bond acceptors (Lipinski definition) is 2. The van der Waals surface area contributed by atoms with Gasteiger partial charge in [-0.1, -0.05) is 44.9 Å². The Morgan fingerprint density at radius 1 is 1.18 bits per heavy atom. The van der Waals surface area contributed by atoms with Crippen molar-refractivity contribution in [3.8, 4) is 0 Å². The molecule has 0 aliphatic heterocycles. The number of para-hydroxylation sites is 1. The summed E-state index contributed by atoms with van der Waals surface area (Å²) in [6, 6.07) is 8.66. The zero-order chi connectivity index (χ0) is 12.3. The topological polar surface area (TPSA) is 32.3 Å². The predicted molar refractivity (Wildman–Crippen MR) is 72.4 cm³/mol. The summed E-state index contributed by atoms with van der Waals surface area (Å²) < 4.78 is 0. The van der Waals surface area contributed by atoms with Crippen LogP contribution in [-0.2, 0) is 0 Å². The number of nitrogens with one attached hydrogen (secondary N) is 1. The van der Waals surface area contributed by atoms with Gasteiger partial charge >= 0.3 is 0 Å². The monoisotopic (exact) mass is 233 g/mol. The van der Waals surface area contributed by atoms with Gasteiger partial charge in [-0.25, -0.2) is 0 Å². The largest absolute Gasteiger partial charge is 0.391 e. The minimum atomic E-state index is -0.191. The maximum atomic E-state index is 10.00. The molecule has 0 heterocycles. The van der Waals surface area contributed by atoms with E-state index in [2.05, 4.69) is 43.4 Å². The first-order valence-electron chi connectivity index (χ1n) is 6.72. The minimum absolute atomic E-state index is 0.191. The molecular formula is C15H23NO. The Balaban J connectivity index is 2.12. The van der Waals surface area contributed by atoms with Gasteiger partial charge in [0.1, 0.15) is 0 Å². The van der Waals surface area contributed by atoms with E-state index in [0.717, 1.165) is 19.3 Å². The molecule has 1 aromatic carbocycles. The van der Waals surface area contributed by atoms with Crippen molar-refractivity contribution in [2.75, 3.05) is 5.32 Å². The van der Waals surface area contributed by atoms with E-state index in [1.54, 1.807) is 0 Å². The van der Waals surface area contributed by atoms with E-state index in [9.17, 15) is 5.11 Å². The lowest BCUT2D eigenvalue weighted by Gasteiger charge is -2.30. The van der Waals surface area contributed by atoms with E-state index in [4.69, 9.17) is 0 Å². The lowest BCUT2D eigenvalue weighted by molar-refractivity contribution is 0.116. The molecule has 2 rings (SSSR count). The van der Waals surface area contributed by atoms with Crippen LogP contribution in [0.2, 0.25) is 0 Å². The van der Waals surface area contributed by atoms with E-state index in [1.807, 2.05) is 0 Å². The number of aliphatic hydroxyl groups is 1. The van der Waals surface area contributed by atoms with Gasteiger partial charge in [0, 0.05) is 5.69 Å².